The van der Waals surface area contributed by atoms with E-state index in [0.29, 0.717) is 30.0 Å². The van der Waals surface area contributed by atoms with E-state index in [0.717, 1.165) is 22.3 Å². The van der Waals surface area contributed by atoms with Gasteiger partial charge in [0.1, 0.15) is 11.2 Å². The Balaban J connectivity index is 1.57. The van der Waals surface area contributed by atoms with Gasteiger partial charge in [-0.25, -0.2) is 9.59 Å². The molecule has 3 amide bonds. The van der Waals surface area contributed by atoms with E-state index >= 15 is 0 Å². The fourth-order valence-electron chi connectivity index (χ4n) is 5.19. The second-order valence-corrected chi connectivity index (χ2v) is 14.8. The molecule has 3 N–H and O–H groups in total. The Morgan fingerprint density at radius 1 is 0.660 bits per heavy atom. The van der Waals surface area contributed by atoms with Crippen molar-refractivity contribution in [3.63, 3.8) is 0 Å². The average molecular weight is 698 g/mol. The first-order valence-corrected chi connectivity index (χ1v) is 17.6. The molecule has 0 bridgehead atoms. The molecular weight excluding hydrogens is 651 g/mol. The summed E-state index contributed by atoms with van der Waals surface area (Å²) in [6.45, 7) is 11.2. The fraction of sp³-hybridized carbons (Fsp3) is 0.325. The highest BCUT2D eigenvalue weighted by molar-refractivity contribution is 7.99. The monoisotopic (exact) mass is 697 g/mol. The van der Waals surface area contributed by atoms with Crippen molar-refractivity contribution < 1.29 is 28.7 Å². The number of hydrogen-bond donors (Lipinski definition) is 3. The maximum absolute atomic E-state index is 13.2. The van der Waals surface area contributed by atoms with Crippen LogP contribution in [0.15, 0.2) is 109 Å². The van der Waals surface area contributed by atoms with Crippen molar-refractivity contribution in [2.75, 3.05) is 18.5 Å². The number of anilines is 1. The average Bonchev–Trinajstić information content (AvgIpc) is 3.07. The van der Waals surface area contributed by atoms with E-state index in [4.69, 9.17) is 14.3 Å². The molecule has 0 saturated carbocycles. The molecule has 0 fully saturated rings. The van der Waals surface area contributed by atoms with Crippen LogP contribution in [0.1, 0.15) is 80.6 Å². The van der Waals surface area contributed by atoms with Gasteiger partial charge in [0, 0.05) is 23.5 Å². The summed E-state index contributed by atoms with van der Waals surface area (Å²) in [5.41, 5.74) is 5.91. The van der Waals surface area contributed by atoms with Gasteiger partial charge in [0.05, 0.1) is 11.4 Å². The smallest absolute Gasteiger partial charge is 0.431 e. The number of hydroxylamine groups is 1. The zero-order valence-electron chi connectivity index (χ0n) is 29.6. The van der Waals surface area contributed by atoms with E-state index in [1.165, 1.54) is 0 Å². The minimum absolute atomic E-state index is 0.174. The van der Waals surface area contributed by atoms with Crippen LogP contribution in [-0.2, 0) is 24.8 Å². The van der Waals surface area contributed by atoms with Gasteiger partial charge >= 0.3 is 12.2 Å². The van der Waals surface area contributed by atoms with Crippen LogP contribution in [0.25, 0.3) is 0 Å². The maximum atomic E-state index is 13.2. The van der Waals surface area contributed by atoms with Crippen molar-refractivity contribution in [3.05, 3.63) is 137 Å². The molecule has 264 valence electrons. The van der Waals surface area contributed by atoms with Crippen LogP contribution in [0.3, 0.4) is 0 Å². The summed E-state index contributed by atoms with van der Waals surface area (Å²) >= 11 is 1.73. The number of hydrogen-bond acceptors (Lipinski definition) is 7. The van der Waals surface area contributed by atoms with Gasteiger partial charge in [-0.15, -0.1) is 11.8 Å². The summed E-state index contributed by atoms with van der Waals surface area (Å²) in [5.74, 6) is 0.178. The van der Waals surface area contributed by atoms with E-state index in [1.807, 2.05) is 60.7 Å². The molecule has 0 aromatic heterocycles. The first kappa shape index (κ1) is 38.0. The zero-order chi connectivity index (χ0) is 36.2. The van der Waals surface area contributed by atoms with Crippen molar-refractivity contribution >= 4 is 35.5 Å². The van der Waals surface area contributed by atoms with Crippen LogP contribution >= 0.6 is 11.8 Å². The lowest BCUT2D eigenvalue weighted by atomic mass is 9.84. The number of carbonyl (C=O) groups excluding carboxylic acids is 3. The largest absolute Gasteiger partial charge is 0.444 e. The van der Waals surface area contributed by atoms with Crippen LogP contribution in [0, 0.1) is 0 Å². The minimum atomic E-state index is -0.711. The Morgan fingerprint density at radius 2 is 1.16 bits per heavy atom. The molecule has 0 aliphatic carbocycles. The van der Waals surface area contributed by atoms with Gasteiger partial charge in [0.25, 0.3) is 5.91 Å². The third-order valence-electron chi connectivity index (χ3n) is 7.26. The number of nitrogens with one attached hydrogen (secondary N) is 3. The SMILES string of the molecule is CC(C)(C)OC(=O)NOCCCNC(=O)c1ccc(CSC(c2ccccc2)(c2ccccc2)c2ccccc2)c(NC(=O)OC(C)(C)C)c1. The molecular formula is C40H47N3O6S. The molecule has 0 aliphatic rings. The number of thioether (sulfide) groups is 1. The second-order valence-electron chi connectivity index (χ2n) is 13.6. The van der Waals surface area contributed by atoms with Crippen molar-refractivity contribution in [1.29, 1.82) is 0 Å². The first-order valence-electron chi connectivity index (χ1n) is 16.6. The van der Waals surface area contributed by atoms with Gasteiger partial charge in [0.15, 0.2) is 0 Å². The van der Waals surface area contributed by atoms with Gasteiger partial charge < -0.3 is 14.8 Å². The lowest BCUT2D eigenvalue weighted by Crippen LogP contribution is -2.33. The summed E-state index contributed by atoms with van der Waals surface area (Å²) in [5, 5.41) is 5.77. The molecule has 0 spiro atoms. The van der Waals surface area contributed by atoms with Crippen molar-refractivity contribution in [1.82, 2.24) is 10.8 Å². The Kier molecular flexibility index (Phi) is 13.1. The van der Waals surface area contributed by atoms with Gasteiger partial charge in [-0.05, 0) is 82.3 Å². The highest BCUT2D eigenvalue weighted by atomic mass is 32.2. The summed E-state index contributed by atoms with van der Waals surface area (Å²) in [6.07, 6.45) is -0.852. The molecule has 4 aromatic rings. The van der Waals surface area contributed by atoms with Gasteiger partial charge in [0.2, 0.25) is 0 Å². The lowest BCUT2D eigenvalue weighted by molar-refractivity contribution is -0.00816. The third-order valence-corrected chi connectivity index (χ3v) is 8.85. The molecule has 0 heterocycles. The lowest BCUT2D eigenvalue weighted by Gasteiger charge is -2.35. The van der Waals surface area contributed by atoms with Crippen molar-refractivity contribution in [2.24, 2.45) is 0 Å². The van der Waals surface area contributed by atoms with Gasteiger partial charge in [-0.3, -0.25) is 14.9 Å². The number of ether oxygens (including phenoxy) is 2. The summed E-state index contributed by atoms with van der Waals surface area (Å²) in [7, 11) is 0. The van der Waals surface area contributed by atoms with Crippen LogP contribution in [-0.4, -0.2) is 42.4 Å². The predicted molar refractivity (Wildman–Crippen MR) is 199 cm³/mol. The van der Waals surface area contributed by atoms with Crippen LogP contribution < -0.4 is 16.1 Å². The Morgan fingerprint density at radius 3 is 1.66 bits per heavy atom. The number of rotatable bonds is 13. The topological polar surface area (TPSA) is 115 Å². The molecule has 50 heavy (non-hydrogen) atoms. The zero-order valence-corrected chi connectivity index (χ0v) is 30.4. The van der Waals surface area contributed by atoms with Crippen LogP contribution in [0.5, 0.6) is 0 Å². The van der Waals surface area contributed by atoms with Crippen LogP contribution in [0.2, 0.25) is 0 Å². The first-order chi connectivity index (χ1) is 23.8. The van der Waals surface area contributed by atoms with Gasteiger partial charge in [-0.1, -0.05) is 97.1 Å². The number of carbonyl (C=O) groups is 3. The van der Waals surface area contributed by atoms with E-state index in [-0.39, 0.29) is 12.5 Å². The Hall–Kier alpha value is -4.80. The third kappa shape index (κ3) is 11.1. The van der Waals surface area contributed by atoms with E-state index in [9.17, 15) is 14.4 Å². The predicted octanol–water partition coefficient (Wildman–Crippen LogP) is 8.84. The molecule has 0 aliphatic heterocycles. The summed E-state index contributed by atoms with van der Waals surface area (Å²) < 4.78 is 10.1. The van der Waals surface area contributed by atoms with E-state index < -0.39 is 28.1 Å². The molecule has 10 heteroatoms. The molecule has 4 aromatic carbocycles. The van der Waals surface area contributed by atoms with Crippen LogP contribution in [0.4, 0.5) is 15.3 Å². The molecule has 0 saturated heterocycles. The second kappa shape index (κ2) is 17.2. The molecule has 0 unspecified atom stereocenters. The Bertz CT molecular complexity index is 1610. The quantitative estimate of drug-likeness (QED) is 0.0727. The Labute approximate surface area is 299 Å². The highest BCUT2D eigenvalue weighted by Gasteiger charge is 2.37. The summed E-state index contributed by atoms with van der Waals surface area (Å²) in [6, 6.07) is 36.4. The fourth-order valence-corrected chi connectivity index (χ4v) is 6.72. The maximum Gasteiger partial charge on any atom is 0.431 e. The molecule has 0 radical (unpaired) electrons. The standard InChI is InChI=1S/C40H47N3O6S/c1-38(2,3)48-36(45)42-34-27-29(35(44)41-25-16-26-47-43-37(46)49-39(4,5)6)23-24-30(34)28-50-40(31-17-10-7-11-18-31,32-19-12-8-13-20-32)33-21-14-9-15-22-33/h7-15,17-24,27H,16,25-26,28H2,1-6H3,(H,41,44)(H,42,45)(H,43,46). The van der Waals surface area contributed by atoms with Crippen molar-refractivity contribution in [2.45, 2.75) is 69.7 Å². The van der Waals surface area contributed by atoms with Gasteiger partial charge in [-0.2, -0.15) is 5.48 Å². The summed E-state index contributed by atoms with van der Waals surface area (Å²) in [4.78, 5) is 43.1. The molecule has 0 atom stereocenters. The molecule has 4 rings (SSSR count). The van der Waals surface area contributed by atoms with E-state index in [1.54, 1.807) is 65.4 Å². The number of amides is 3. The van der Waals surface area contributed by atoms with Crippen molar-refractivity contribution in [3.8, 4) is 0 Å². The minimum Gasteiger partial charge on any atom is -0.444 e. The van der Waals surface area contributed by atoms with E-state index in [2.05, 4.69) is 52.5 Å². The number of benzene rings is 4. The normalized spacial score (nSPS) is 11.7. The molecule has 9 nitrogen and oxygen atoms in total. The highest BCUT2D eigenvalue weighted by Crippen LogP contribution is 2.50.